The fraction of sp³-hybridized carbons (Fsp3) is 0.174. The molecular weight excluding hydrogens is 385 g/mol. The van der Waals surface area contributed by atoms with Crippen LogP contribution in [0.1, 0.15) is 27.9 Å². The van der Waals surface area contributed by atoms with E-state index in [2.05, 4.69) is 5.10 Å². The van der Waals surface area contributed by atoms with Crippen molar-refractivity contribution in [2.24, 2.45) is 5.10 Å². The molecule has 0 amide bonds. The lowest BCUT2D eigenvalue weighted by molar-refractivity contribution is 0.284. The fourth-order valence-electron chi connectivity index (χ4n) is 2.91. The molecule has 152 valence electrons. The van der Waals surface area contributed by atoms with Crippen molar-refractivity contribution in [3.8, 4) is 17.6 Å². The van der Waals surface area contributed by atoms with E-state index in [1.165, 1.54) is 30.1 Å². The number of nitrogens with zero attached hydrogens (tertiary/aromatic N) is 3. The van der Waals surface area contributed by atoms with Gasteiger partial charge in [-0.05, 0) is 66.9 Å². The number of aryl methyl sites for hydroxylation is 2. The molecule has 3 aromatic rings. The molecule has 0 saturated heterocycles. The smallest absolute Gasteiger partial charge is 0.289 e. The lowest BCUT2D eigenvalue weighted by Gasteiger charge is -2.11. The van der Waals surface area contributed by atoms with E-state index in [1.54, 1.807) is 50.2 Å². The summed E-state index contributed by atoms with van der Waals surface area (Å²) in [5.74, 6) is 0.714. The highest BCUT2D eigenvalue weighted by Gasteiger charge is 2.10. The van der Waals surface area contributed by atoms with Crippen LogP contribution in [0.25, 0.3) is 0 Å². The first kappa shape index (κ1) is 20.8. The van der Waals surface area contributed by atoms with Gasteiger partial charge in [0, 0.05) is 5.69 Å². The molecule has 7 heteroatoms. The summed E-state index contributed by atoms with van der Waals surface area (Å²) in [7, 11) is 1.52. The van der Waals surface area contributed by atoms with Crippen LogP contribution >= 0.6 is 0 Å². The summed E-state index contributed by atoms with van der Waals surface area (Å²) < 4.78 is 25.4. The zero-order valence-electron chi connectivity index (χ0n) is 16.8. The molecule has 0 spiro atoms. The SMILES string of the molecule is COc1cc(C=Nn2c(C)cc(C)c(C#N)c2=O)ccc1OCc1ccc(F)cc1. The van der Waals surface area contributed by atoms with Crippen LogP contribution in [0.4, 0.5) is 4.39 Å². The Morgan fingerprint density at radius 1 is 1.13 bits per heavy atom. The van der Waals surface area contributed by atoms with Crippen LogP contribution in [0.2, 0.25) is 0 Å². The Bertz CT molecular complexity index is 1190. The molecule has 1 heterocycles. The van der Waals surface area contributed by atoms with Gasteiger partial charge in [0.15, 0.2) is 11.5 Å². The topological polar surface area (TPSA) is 76.6 Å². The summed E-state index contributed by atoms with van der Waals surface area (Å²) in [6.07, 6.45) is 1.51. The highest BCUT2D eigenvalue weighted by Crippen LogP contribution is 2.28. The Morgan fingerprint density at radius 3 is 2.53 bits per heavy atom. The van der Waals surface area contributed by atoms with Crippen LogP contribution in [-0.4, -0.2) is 18.0 Å². The van der Waals surface area contributed by atoms with Crippen molar-refractivity contribution >= 4 is 6.21 Å². The van der Waals surface area contributed by atoms with Gasteiger partial charge in [-0.15, -0.1) is 0 Å². The van der Waals surface area contributed by atoms with Crippen LogP contribution in [0, 0.1) is 31.0 Å². The first-order valence-corrected chi connectivity index (χ1v) is 9.16. The van der Waals surface area contributed by atoms with Gasteiger partial charge >= 0.3 is 0 Å². The van der Waals surface area contributed by atoms with Gasteiger partial charge in [-0.2, -0.15) is 10.4 Å². The van der Waals surface area contributed by atoms with Crippen molar-refractivity contribution in [2.45, 2.75) is 20.5 Å². The van der Waals surface area contributed by atoms with Crippen LogP contribution in [0.5, 0.6) is 11.5 Å². The molecule has 0 aliphatic carbocycles. The highest BCUT2D eigenvalue weighted by atomic mass is 19.1. The van der Waals surface area contributed by atoms with Crippen molar-refractivity contribution in [3.05, 3.63) is 92.6 Å². The molecule has 0 atom stereocenters. The number of halogens is 1. The number of methoxy groups -OCH3 is 1. The van der Waals surface area contributed by atoms with E-state index >= 15 is 0 Å². The van der Waals surface area contributed by atoms with Gasteiger partial charge in [0.2, 0.25) is 0 Å². The maximum atomic E-state index is 13.0. The number of nitriles is 1. The summed E-state index contributed by atoms with van der Waals surface area (Å²) >= 11 is 0. The Morgan fingerprint density at radius 2 is 1.87 bits per heavy atom. The van der Waals surface area contributed by atoms with Gasteiger partial charge in [0.05, 0.1) is 13.3 Å². The average Bonchev–Trinajstić information content (AvgIpc) is 2.73. The van der Waals surface area contributed by atoms with Gasteiger partial charge in [0.1, 0.15) is 24.1 Å². The molecule has 0 N–H and O–H groups in total. The Balaban J connectivity index is 1.82. The first-order chi connectivity index (χ1) is 14.4. The van der Waals surface area contributed by atoms with Crippen molar-refractivity contribution in [1.82, 2.24) is 4.68 Å². The van der Waals surface area contributed by atoms with E-state index in [-0.39, 0.29) is 18.0 Å². The van der Waals surface area contributed by atoms with Gasteiger partial charge in [0.25, 0.3) is 5.56 Å². The normalized spacial score (nSPS) is 10.8. The predicted molar refractivity (Wildman–Crippen MR) is 112 cm³/mol. The predicted octanol–water partition coefficient (Wildman–Crippen LogP) is 3.95. The second-order valence-electron chi connectivity index (χ2n) is 6.64. The number of rotatable bonds is 6. The Hall–Kier alpha value is -3.92. The molecule has 0 aliphatic rings. The minimum atomic E-state index is -0.461. The third-order valence-electron chi connectivity index (χ3n) is 4.49. The third kappa shape index (κ3) is 4.55. The molecule has 3 rings (SSSR count). The maximum absolute atomic E-state index is 13.0. The molecule has 0 bridgehead atoms. The van der Waals surface area contributed by atoms with Crippen LogP contribution in [-0.2, 0) is 6.61 Å². The summed E-state index contributed by atoms with van der Waals surface area (Å²) in [4.78, 5) is 12.4. The Kier molecular flexibility index (Phi) is 6.28. The highest BCUT2D eigenvalue weighted by molar-refractivity contribution is 5.80. The molecule has 2 aromatic carbocycles. The third-order valence-corrected chi connectivity index (χ3v) is 4.49. The number of hydrogen-bond donors (Lipinski definition) is 0. The van der Waals surface area contributed by atoms with Gasteiger partial charge in [-0.25, -0.2) is 9.07 Å². The van der Waals surface area contributed by atoms with Crippen molar-refractivity contribution in [1.29, 1.82) is 5.26 Å². The van der Waals surface area contributed by atoms with Crippen LogP contribution in [0.15, 0.2) is 58.4 Å². The van der Waals surface area contributed by atoms with Crippen molar-refractivity contribution in [2.75, 3.05) is 7.11 Å². The number of aromatic nitrogens is 1. The number of hydrogen-bond acceptors (Lipinski definition) is 5. The van der Waals surface area contributed by atoms with E-state index in [9.17, 15) is 14.4 Å². The second kappa shape index (κ2) is 9.05. The molecule has 1 aromatic heterocycles. The Labute approximate surface area is 173 Å². The first-order valence-electron chi connectivity index (χ1n) is 9.16. The summed E-state index contributed by atoms with van der Waals surface area (Å²) in [5.41, 5.74) is 2.37. The molecule has 0 radical (unpaired) electrons. The summed E-state index contributed by atoms with van der Waals surface area (Å²) in [6.45, 7) is 3.73. The summed E-state index contributed by atoms with van der Waals surface area (Å²) in [5, 5.41) is 13.4. The summed E-state index contributed by atoms with van der Waals surface area (Å²) in [6, 6.07) is 14.9. The standard InChI is InChI=1S/C23H20FN3O3/c1-15-10-16(2)27(23(28)20(15)12-25)26-13-18-6-9-21(22(11-18)29-3)30-14-17-4-7-19(24)8-5-17/h4-11,13H,14H2,1-3H3. The van der Waals surface area contributed by atoms with E-state index < -0.39 is 5.56 Å². The zero-order valence-corrected chi connectivity index (χ0v) is 16.8. The molecule has 30 heavy (non-hydrogen) atoms. The fourth-order valence-corrected chi connectivity index (χ4v) is 2.91. The van der Waals surface area contributed by atoms with Gasteiger partial charge in [-0.3, -0.25) is 4.79 Å². The number of ether oxygens (including phenoxy) is 2. The minimum Gasteiger partial charge on any atom is -0.493 e. The van der Waals surface area contributed by atoms with Crippen molar-refractivity contribution < 1.29 is 13.9 Å². The lowest BCUT2D eigenvalue weighted by Crippen LogP contribution is -2.22. The van der Waals surface area contributed by atoms with Crippen LogP contribution in [0.3, 0.4) is 0 Å². The lowest BCUT2D eigenvalue weighted by atomic mass is 10.1. The zero-order chi connectivity index (χ0) is 21.7. The second-order valence-corrected chi connectivity index (χ2v) is 6.64. The quantitative estimate of drug-likeness (QED) is 0.582. The molecule has 6 nitrogen and oxygen atoms in total. The van der Waals surface area contributed by atoms with E-state index in [0.717, 1.165) is 5.56 Å². The van der Waals surface area contributed by atoms with Crippen LogP contribution < -0.4 is 15.0 Å². The number of pyridine rings is 1. The van der Waals surface area contributed by atoms with Gasteiger partial charge < -0.3 is 9.47 Å². The van der Waals surface area contributed by atoms with E-state index in [0.29, 0.717) is 28.3 Å². The molecular formula is C23H20FN3O3. The largest absolute Gasteiger partial charge is 0.493 e. The molecule has 0 saturated carbocycles. The number of benzene rings is 2. The maximum Gasteiger partial charge on any atom is 0.289 e. The average molecular weight is 405 g/mol. The molecule has 0 aliphatic heterocycles. The molecule has 0 unspecified atom stereocenters. The monoisotopic (exact) mass is 405 g/mol. The van der Waals surface area contributed by atoms with Crippen molar-refractivity contribution in [3.63, 3.8) is 0 Å². The van der Waals surface area contributed by atoms with E-state index in [1.807, 2.05) is 6.07 Å². The van der Waals surface area contributed by atoms with E-state index in [4.69, 9.17) is 9.47 Å². The minimum absolute atomic E-state index is 0.0693. The van der Waals surface area contributed by atoms with Gasteiger partial charge in [-0.1, -0.05) is 12.1 Å². The molecule has 0 fully saturated rings.